The molecular formula is C28H36N6O2. The van der Waals surface area contributed by atoms with Gasteiger partial charge in [-0.25, -0.2) is 9.97 Å². The highest BCUT2D eigenvalue weighted by Crippen LogP contribution is 2.35. The van der Waals surface area contributed by atoms with E-state index in [1.54, 1.807) is 13.4 Å². The van der Waals surface area contributed by atoms with Gasteiger partial charge in [-0.3, -0.25) is 9.59 Å². The van der Waals surface area contributed by atoms with Crippen LogP contribution in [0, 0.1) is 5.92 Å². The third-order valence-electron chi connectivity index (χ3n) is 7.91. The average Bonchev–Trinajstić information content (AvgIpc) is 3.59. The van der Waals surface area contributed by atoms with Crippen LogP contribution in [0.1, 0.15) is 63.6 Å². The standard InChI is InChI=1S/C28H36N6O2/c1-19(29-2)27(35)32-26(21-10-4-3-5-11-21)28(36)34-15-8-13-24(34)22-17-25(31-18-30-22)33-16-14-20-9-6-7-12-23(20)33/h6-7,9,12,14,16-19,21,24,26,29H,3-5,8,10-11,13,15H2,1-2H3,(H,32,35). The Morgan fingerprint density at radius 2 is 1.83 bits per heavy atom. The first kappa shape index (κ1) is 24.4. The summed E-state index contributed by atoms with van der Waals surface area (Å²) in [5.74, 6) is 0.863. The molecule has 8 nitrogen and oxygen atoms in total. The molecule has 0 bridgehead atoms. The second kappa shape index (κ2) is 10.8. The van der Waals surface area contributed by atoms with E-state index >= 15 is 0 Å². The van der Waals surface area contributed by atoms with Crippen LogP contribution >= 0.6 is 0 Å². The van der Waals surface area contributed by atoms with Gasteiger partial charge in [0.2, 0.25) is 11.8 Å². The van der Waals surface area contributed by atoms with Crippen molar-refractivity contribution in [3.8, 4) is 5.82 Å². The van der Waals surface area contributed by atoms with E-state index in [1.807, 2.05) is 36.2 Å². The lowest BCUT2D eigenvalue weighted by Crippen LogP contribution is -2.55. The molecular weight excluding hydrogens is 452 g/mol. The zero-order valence-corrected chi connectivity index (χ0v) is 21.2. The molecule has 2 aliphatic rings. The topological polar surface area (TPSA) is 92.2 Å². The molecule has 190 valence electrons. The second-order valence-electron chi connectivity index (χ2n) is 10.1. The van der Waals surface area contributed by atoms with Gasteiger partial charge in [0.25, 0.3) is 0 Å². The number of rotatable bonds is 7. The van der Waals surface area contributed by atoms with Gasteiger partial charge in [0, 0.05) is 18.8 Å². The number of nitrogens with zero attached hydrogens (tertiary/aromatic N) is 4. The van der Waals surface area contributed by atoms with Gasteiger partial charge in [0.15, 0.2) is 0 Å². The normalized spacial score (nSPS) is 20.4. The third kappa shape index (κ3) is 4.87. The molecule has 5 rings (SSSR count). The number of hydrogen-bond donors (Lipinski definition) is 2. The Bertz CT molecular complexity index is 1220. The SMILES string of the molecule is CNC(C)C(=O)NC(C(=O)N1CCCC1c1cc(-n2ccc3ccccc32)ncn1)C1CCCCC1. The molecule has 2 amide bonds. The Hall–Kier alpha value is -3.26. The highest BCUT2D eigenvalue weighted by molar-refractivity contribution is 5.90. The molecule has 3 aromatic rings. The number of benzene rings is 1. The third-order valence-corrected chi connectivity index (χ3v) is 7.91. The van der Waals surface area contributed by atoms with E-state index in [-0.39, 0.29) is 29.8 Å². The van der Waals surface area contributed by atoms with E-state index in [2.05, 4.69) is 43.4 Å². The Morgan fingerprint density at radius 3 is 2.64 bits per heavy atom. The number of amides is 2. The van der Waals surface area contributed by atoms with Gasteiger partial charge in [-0.1, -0.05) is 37.5 Å². The van der Waals surface area contributed by atoms with Crippen molar-refractivity contribution in [1.82, 2.24) is 30.1 Å². The van der Waals surface area contributed by atoms with Crippen molar-refractivity contribution >= 4 is 22.7 Å². The smallest absolute Gasteiger partial charge is 0.246 e. The summed E-state index contributed by atoms with van der Waals surface area (Å²) in [4.78, 5) is 37.9. The molecule has 0 radical (unpaired) electrons. The number of nitrogens with one attached hydrogen (secondary N) is 2. The first-order valence-corrected chi connectivity index (χ1v) is 13.2. The number of aromatic nitrogens is 3. The van der Waals surface area contributed by atoms with E-state index < -0.39 is 6.04 Å². The minimum Gasteiger partial charge on any atom is -0.343 e. The first-order valence-electron chi connectivity index (χ1n) is 13.2. The van der Waals surface area contributed by atoms with E-state index in [1.165, 1.54) is 6.42 Å². The van der Waals surface area contributed by atoms with Crippen molar-refractivity contribution in [2.75, 3.05) is 13.6 Å². The van der Waals surface area contributed by atoms with Crippen LogP contribution in [0.3, 0.4) is 0 Å². The molecule has 1 aromatic carbocycles. The Kier molecular flexibility index (Phi) is 7.32. The predicted octanol–water partition coefficient (Wildman–Crippen LogP) is 3.76. The molecule has 1 aliphatic carbocycles. The van der Waals surface area contributed by atoms with Crippen molar-refractivity contribution in [2.24, 2.45) is 5.92 Å². The summed E-state index contributed by atoms with van der Waals surface area (Å²) >= 11 is 0. The van der Waals surface area contributed by atoms with Crippen LogP contribution in [0.15, 0.2) is 48.9 Å². The molecule has 3 unspecified atom stereocenters. The minimum atomic E-state index is -0.496. The van der Waals surface area contributed by atoms with Crippen LogP contribution in [0.4, 0.5) is 0 Å². The summed E-state index contributed by atoms with van der Waals surface area (Å²) < 4.78 is 2.06. The van der Waals surface area contributed by atoms with Gasteiger partial charge in [-0.05, 0) is 63.1 Å². The number of fused-ring (bicyclic) bond motifs is 1. The maximum Gasteiger partial charge on any atom is 0.246 e. The fourth-order valence-corrected chi connectivity index (χ4v) is 5.73. The molecule has 2 N–H and O–H groups in total. The summed E-state index contributed by atoms with van der Waals surface area (Å²) in [7, 11) is 1.76. The van der Waals surface area contributed by atoms with Crippen molar-refractivity contribution in [3.63, 3.8) is 0 Å². The van der Waals surface area contributed by atoms with Crippen LogP contribution in [0.5, 0.6) is 0 Å². The van der Waals surface area contributed by atoms with Crippen LogP contribution in [0.2, 0.25) is 0 Å². The Labute approximate surface area is 212 Å². The predicted molar refractivity (Wildman–Crippen MR) is 140 cm³/mol. The molecule has 0 spiro atoms. The number of likely N-dealkylation sites (N-methyl/N-ethyl adjacent to an activating group) is 1. The van der Waals surface area contributed by atoms with Crippen molar-refractivity contribution < 1.29 is 9.59 Å². The Balaban J connectivity index is 1.41. The number of carbonyl (C=O) groups excluding carboxylic acids is 2. The number of carbonyl (C=O) groups is 2. The molecule has 2 aromatic heterocycles. The van der Waals surface area contributed by atoms with Crippen LogP contribution in [0.25, 0.3) is 16.7 Å². The van der Waals surface area contributed by atoms with Gasteiger partial charge in [-0.15, -0.1) is 0 Å². The summed E-state index contributed by atoms with van der Waals surface area (Å²) in [6.45, 7) is 2.50. The number of para-hydroxylation sites is 1. The summed E-state index contributed by atoms with van der Waals surface area (Å²) in [6, 6.07) is 11.3. The lowest BCUT2D eigenvalue weighted by molar-refractivity contribution is -0.139. The highest BCUT2D eigenvalue weighted by Gasteiger charge is 2.39. The van der Waals surface area contributed by atoms with E-state index in [4.69, 9.17) is 0 Å². The molecule has 2 fully saturated rings. The summed E-state index contributed by atoms with van der Waals surface area (Å²) in [5.41, 5.74) is 1.93. The monoisotopic (exact) mass is 488 g/mol. The van der Waals surface area contributed by atoms with Gasteiger partial charge in [0.1, 0.15) is 18.2 Å². The molecule has 1 aliphatic heterocycles. The maximum atomic E-state index is 14.0. The lowest BCUT2D eigenvalue weighted by Gasteiger charge is -2.35. The molecule has 1 saturated carbocycles. The number of hydrogen-bond acceptors (Lipinski definition) is 5. The van der Waals surface area contributed by atoms with E-state index in [0.29, 0.717) is 6.54 Å². The molecule has 1 saturated heterocycles. The van der Waals surface area contributed by atoms with Crippen LogP contribution in [-0.4, -0.2) is 56.9 Å². The fourth-order valence-electron chi connectivity index (χ4n) is 5.73. The summed E-state index contributed by atoms with van der Waals surface area (Å²) in [5, 5.41) is 7.25. The van der Waals surface area contributed by atoms with Gasteiger partial charge in [0.05, 0.1) is 23.3 Å². The molecule has 36 heavy (non-hydrogen) atoms. The first-order chi connectivity index (χ1) is 17.6. The van der Waals surface area contributed by atoms with E-state index in [9.17, 15) is 9.59 Å². The minimum absolute atomic E-state index is 0.0210. The van der Waals surface area contributed by atoms with Crippen molar-refractivity contribution in [1.29, 1.82) is 0 Å². The molecule has 8 heteroatoms. The highest BCUT2D eigenvalue weighted by atomic mass is 16.2. The lowest BCUT2D eigenvalue weighted by atomic mass is 9.83. The zero-order valence-electron chi connectivity index (χ0n) is 21.2. The van der Waals surface area contributed by atoms with Crippen LogP contribution < -0.4 is 10.6 Å². The van der Waals surface area contributed by atoms with Gasteiger partial charge >= 0.3 is 0 Å². The second-order valence-corrected chi connectivity index (χ2v) is 10.1. The van der Waals surface area contributed by atoms with Crippen molar-refractivity contribution in [2.45, 2.75) is 70.0 Å². The number of likely N-dealkylation sites (tertiary alicyclic amines) is 1. The largest absolute Gasteiger partial charge is 0.343 e. The van der Waals surface area contributed by atoms with Crippen LogP contribution in [-0.2, 0) is 9.59 Å². The molecule has 3 atom stereocenters. The maximum absolute atomic E-state index is 14.0. The van der Waals surface area contributed by atoms with Gasteiger partial charge < -0.3 is 20.1 Å². The summed E-state index contributed by atoms with van der Waals surface area (Å²) in [6.07, 6.45) is 10.7. The van der Waals surface area contributed by atoms with Crippen molar-refractivity contribution in [3.05, 3.63) is 54.6 Å². The average molecular weight is 489 g/mol. The van der Waals surface area contributed by atoms with Gasteiger partial charge in [-0.2, -0.15) is 0 Å². The molecule has 3 heterocycles. The fraction of sp³-hybridized carbons (Fsp3) is 0.500. The zero-order chi connectivity index (χ0) is 25.1. The quantitative estimate of drug-likeness (QED) is 0.528. The van der Waals surface area contributed by atoms with E-state index in [0.717, 1.165) is 60.9 Å². The Morgan fingerprint density at radius 1 is 1.03 bits per heavy atom.